The van der Waals surface area contributed by atoms with Gasteiger partial charge in [0.2, 0.25) is 0 Å². The van der Waals surface area contributed by atoms with Crippen molar-refractivity contribution in [3.63, 3.8) is 0 Å². The monoisotopic (exact) mass is 388 g/mol. The van der Waals surface area contributed by atoms with Crippen LogP contribution in [0.15, 0.2) is 29.3 Å². The van der Waals surface area contributed by atoms with E-state index in [1.54, 1.807) is 7.11 Å². The van der Waals surface area contributed by atoms with Crippen LogP contribution in [0.2, 0.25) is 0 Å². The van der Waals surface area contributed by atoms with Crippen molar-refractivity contribution in [1.29, 1.82) is 0 Å². The molecule has 1 heterocycles. The second-order valence-corrected chi connectivity index (χ2v) is 7.90. The average Bonchev–Trinajstić information content (AvgIpc) is 3.40. The topological polar surface area (TPSA) is 49.3 Å². The van der Waals surface area contributed by atoms with Crippen LogP contribution in [0.4, 0.5) is 0 Å². The van der Waals surface area contributed by atoms with Gasteiger partial charge in [0.1, 0.15) is 5.75 Å². The smallest absolute Gasteiger partial charge is 0.193 e. The highest BCUT2D eigenvalue weighted by molar-refractivity contribution is 5.79. The lowest BCUT2D eigenvalue weighted by molar-refractivity contribution is 0.115. The van der Waals surface area contributed by atoms with Crippen molar-refractivity contribution in [2.75, 3.05) is 60.6 Å². The largest absolute Gasteiger partial charge is 0.497 e. The molecule has 2 aliphatic rings. The molecule has 1 unspecified atom stereocenters. The third-order valence-corrected chi connectivity index (χ3v) is 5.71. The minimum Gasteiger partial charge on any atom is -0.497 e. The number of benzene rings is 1. The molecule has 1 aromatic rings. The lowest BCUT2D eigenvalue weighted by atomic mass is 10.1. The Labute approximate surface area is 169 Å². The molecule has 1 N–H and O–H groups in total. The first kappa shape index (κ1) is 20.9. The van der Waals surface area contributed by atoms with Crippen molar-refractivity contribution >= 4 is 5.96 Å². The number of likely N-dealkylation sites (N-methyl/N-ethyl adjacent to an activating group) is 1. The van der Waals surface area contributed by atoms with Crippen LogP contribution < -0.4 is 10.1 Å². The van der Waals surface area contributed by atoms with Crippen LogP contribution >= 0.6 is 0 Å². The maximum absolute atomic E-state index is 5.78. The molecule has 0 amide bonds. The van der Waals surface area contributed by atoms with Crippen molar-refractivity contribution in [3.05, 3.63) is 29.8 Å². The van der Waals surface area contributed by atoms with E-state index in [0.29, 0.717) is 6.04 Å². The molecule has 1 aliphatic carbocycles. The van der Waals surface area contributed by atoms with E-state index in [1.165, 1.54) is 31.2 Å². The van der Waals surface area contributed by atoms with E-state index < -0.39 is 0 Å². The molecular formula is C22H36N4O2. The summed E-state index contributed by atoms with van der Waals surface area (Å²) in [6.07, 6.45) is 5.21. The standard InChI is InChI=1S/C22H36N4O2/c1-23-22(25(2)13-14-28-17-18-9-10-18)24-16-21(26-11-4-5-12-26)19-7-6-8-20(15-19)27-3/h6-8,15,18,21H,4-5,9-14,16-17H2,1-3H3,(H,23,24). The molecule has 6 heteroatoms. The fourth-order valence-corrected chi connectivity index (χ4v) is 3.77. The normalized spacial score (nSPS) is 18.9. The third kappa shape index (κ3) is 6.11. The molecule has 1 saturated heterocycles. The molecule has 6 nitrogen and oxygen atoms in total. The van der Waals surface area contributed by atoms with E-state index in [9.17, 15) is 0 Å². The average molecular weight is 389 g/mol. The van der Waals surface area contributed by atoms with E-state index in [2.05, 4.69) is 45.4 Å². The van der Waals surface area contributed by atoms with E-state index in [1.807, 2.05) is 13.1 Å². The number of guanidine groups is 1. The highest BCUT2D eigenvalue weighted by Gasteiger charge is 2.24. The SMILES string of the molecule is CN=C(NCC(c1cccc(OC)c1)N1CCCC1)N(C)CCOCC1CC1. The Balaban J connectivity index is 1.56. The molecule has 1 aromatic carbocycles. The Hall–Kier alpha value is -1.79. The van der Waals surface area contributed by atoms with E-state index in [0.717, 1.165) is 57.0 Å². The van der Waals surface area contributed by atoms with Gasteiger partial charge in [-0.05, 0) is 62.4 Å². The molecule has 3 rings (SSSR count). The van der Waals surface area contributed by atoms with E-state index in [4.69, 9.17) is 9.47 Å². The molecule has 2 fully saturated rings. The zero-order valence-corrected chi connectivity index (χ0v) is 17.7. The van der Waals surface area contributed by atoms with Gasteiger partial charge in [0, 0.05) is 33.8 Å². The summed E-state index contributed by atoms with van der Waals surface area (Å²) in [6.45, 7) is 5.62. The Bertz CT molecular complexity index is 627. The Morgan fingerprint density at radius 2 is 2.11 bits per heavy atom. The van der Waals surface area contributed by atoms with Crippen molar-refractivity contribution in [1.82, 2.24) is 15.1 Å². The fraction of sp³-hybridized carbons (Fsp3) is 0.682. The summed E-state index contributed by atoms with van der Waals surface area (Å²) < 4.78 is 11.2. The number of nitrogens with zero attached hydrogens (tertiary/aromatic N) is 3. The van der Waals surface area contributed by atoms with E-state index in [-0.39, 0.29) is 0 Å². The molecule has 156 valence electrons. The summed E-state index contributed by atoms with van der Waals surface area (Å²) in [4.78, 5) is 9.19. The van der Waals surface area contributed by atoms with Crippen LogP contribution in [0.1, 0.15) is 37.3 Å². The summed E-state index contributed by atoms with van der Waals surface area (Å²) in [5.41, 5.74) is 1.29. The molecule has 1 aliphatic heterocycles. The predicted molar refractivity (Wildman–Crippen MR) is 114 cm³/mol. The molecule has 28 heavy (non-hydrogen) atoms. The number of aliphatic imine (C=N–C) groups is 1. The van der Waals surface area contributed by atoms with Crippen LogP contribution in [0.25, 0.3) is 0 Å². The van der Waals surface area contributed by atoms with E-state index >= 15 is 0 Å². The van der Waals surface area contributed by atoms with Crippen molar-refractivity contribution in [2.24, 2.45) is 10.9 Å². The lowest BCUT2D eigenvalue weighted by Gasteiger charge is -2.30. The summed E-state index contributed by atoms with van der Waals surface area (Å²) in [7, 11) is 5.65. The molecule has 0 radical (unpaired) electrons. The van der Waals surface area contributed by atoms with Gasteiger partial charge in [0.05, 0.1) is 19.8 Å². The second kappa shape index (κ2) is 10.7. The minimum absolute atomic E-state index is 0.314. The van der Waals surface area contributed by atoms with Gasteiger partial charge in [0.15, 0.2) is 5.96 Å². The van der Waals surface area contributed by atoms with Gasteiger partial charge >= 0.3 is 0 Å². The molecule has 0 bridgehead atoms. The van der Waals surface area contributed by atoms with Crippen molar-refractivity contribution in [2.45, 2.75) is 31.7 Å². The highest BCUT2D eigenvalue weighted by atomic mass is 16.5. The number of methoxy groups -OCH3 is 1. The Morgan fingerprint density at radius 1 is 1.32 bits per heavy atom. The van der Waals surface area contributed by atoms with Gasteiger partial charge in [-0.3, -0.25) is 9.89 Å². The molecule has 1 atom stereocenters. The Kier molecular flexibility index (Phi) is 7.98. The number of rotatable bonds is 10. The maximum atomic E-state index is 5.78. The first-order chi connectivity index (χ1) is 13.7. The summed E-state index contributed by atoms with van der Waals surface area (Å²) in [5, 5.41) is 3.58. The minimum atomic E-state index is 0.314. The van der Waals surface area contributed by atoms with Gasteiger partial charge in [-0.25, -0.2) is 0 Å². The number of hydrogen-bond acceptors (Lipinski definition) is 4. The van der Waals surface area contributed by atoms with Crippen molar-refractivity contribution < 1.29 is 9.47 Å². The Morgan fingerprint density at radius 3 is 2.79 bits per heavy atom. The maximum Gasteiger partial charge on any atom is 0.193 e. The quantitative estimate of drug-likeness (QED) is 0.379. The van der Waals surface area contributed by atoms with Crippen LogP contribution in [0, 0.1) is 5.92 Å². The lowest BCUT2D eigenvalue weighted by Crippen LogP contribution is -2.44. The number of ether oxygens (including phenoxy) is 2. The molecule has 0 aromatic heterocycles. The number of hydrogen-bond donors (Lipinski definition) is 1. The third-order valence-electron chi connectivity index (χ3n) is 5.71. The molecule has 0 spiro atoms. The summed E-state index contributed by atoms with van der Waals surface area (Å²) in [6, 6.07) is 8.75. The number of likely N-dealkylation sites (tertiary alicyclic amines) is 1. The van der Waals surface area contributed by atoms with Gasteiger partial charge in [-0.1, -0.05) is 12.1 Å². The molecule has 1 saturated carbocycles. The highest BCUT2D eigenvalue weighted by Crippen LogP contribution is 2.29. The zero-order chi connectivity index (χ0) is 19.8. The second-order valence-electron chi connectivity index (χ2n) is 7.90. The predicted octanol–water partition coefficient (Wildman–Crippen LogP) is 2.77. The summed E-state index contributed by atoms with van der Waals surface area (Å²) >= 11 is 0. The molecular weight excluding hydrogens is 352 g/mol. The summed E-state index contributed by atoms with van der Waals surface area (Å²) in [5.74, 6) is 2.64. The first-order valence-electron chi connectivity index (χ1n) is 10.6. The van der Waals surface area contributed by atoms with Crippen molar-refractivity contribution in [3.8, 4) is 5.75 Å². The van der Waals surface area contributed by atoms with Crippen LogP contribution in [0.3, 0.4) is 0 Å². The first-order valence-corrected chi connectivity index (χ1v) is 10.6. The van der Waals surface area contributed by atoms with Gasteiger partial charge in [-0.2, -0.15) is 0 Å². The fourth-order valence-electron chi connectivity index (χ4n) is 3.77. The number of nitrogens with one attached hydrogen (secondary N) is 1. The van der Waals surface area contributed by atoms with Gasteiger partial charge in [0.25, 0.3) is 0 Å². The van der Waals surface area contributed by atoms with Gasteiger partial charge < -0.3 is 19.7 Å². The van der Waals surface area contributed by atoms with Crippen LogP contribution in [0.5, 0.6) is 5.75 Å². The van der Waals surface area contributed by atoms with Crippen LogP contribution in [-0.4, -0.2) is 76.4 Å². The van der Waals surface area contributed by atoms with Crippen LogP contribution in [-0.2, 0) is 4.74 Å². The zero-order valence-electron chi connectivity index (χ0n) is 17.7. The van der Waals surface area contributed by atoms with Gasteiger partial charge in [-0.15, -0.1) is 0 Å².